The van der Waals surface area contributed by atoms with E-state index in [4.69, 9.17) is 0 Å². The van der Waals surface area contributed by atoms with Gasteiger partial charge in [-0.05, 0) is 13.8 Å². The topological polar surface area (TPSA) is 55.4 Å². The largest absolute Gasteiger partial charge is 0.347 e. The van der Waals surface area contributed by atoms with E-state index in [1.165, 1.54) is 0 Å². The van der Waals surface area contributed by atoms with Gasteiger partial charge >= 0.3 is 0 Å². The molecule has 2 rings (SSSR count). The summed E-state index contributed by atoms with van der Waals surface area (Å²) in [5, 5.41) is 4.23. The lowest BCUT2D eigenvalue weighted by Crippen LogP contribution is -2.23. The Balaban J connectivity index is 2.86. The molecule has 0 radical (unpaired) electrons. The van der Waals surface area contributed by atoms with Crippen molar-refractivity contribution in [2.75, 3.05) is 19.0 Å². The summed E-state index contributed by atoms with van der Waals surface area (Å²) in [5.74, 6) is 0.674. The molecule has 0 aliphatic rings. The molecule has 0 saturated heterocycles. The van der Waals surface area contributed by atoms with Gasteiger partial charge in [-0.2, -0.15) is 9.61 Å². The van der Waals surface area contributed by atoms with Crippen LogP contribution in [0.4, 0.5) is 5.95 Å². The van der Waals surface area contributed by atoms with Crippen LogP contribution >= 0.6 is 0 Å². The second-order valence-corrected chi connectivity index (χ2v) is 3.87. The van der Waals surface area contributed by atoms with Crippen LogP contribution in [0.2, 0.25) is 0 Å². The van der Waals surface area contributed by atoms with E-state index in [2.05, 4.69) is 10.1 Å². The highest BCUT2D eigenvalue weighted by Gasteiger charge is 2.14. The van der Waals surface area contributed by atoms with E-state index in [1.54, 1.807) is 15.4 Å². The highest BCUT2D eigenvalue weighted by molar-refractivity contribution is 5.55. The maximum absolute atomic E-state index is 12.1. The number of rotatable bonds is 2. The Labute approximate surface area is 93.1 Å². The van der Waals surface area contributed by atoms with E-state index >= 15 is 0 Å². The molecule has 0 aromatic carbocycles. The third-order valence-corrected chi connectivity index (χ3v) is 2.52. The normalized spacial score (nSPS) is 11.0. The van der Waals surface area contributed by atoms with Crippen LogP contribution in [0.5, 0.6) is 0 Å². The van der Waals surface area contributed by atoms with Gasteiger partial charge in [0.1, 0.15) is 6.33 Å². The lowest BCUT2D eigenvalue weighted by atomic mass is 10.4. The molecule has 16 heavy (non-hydrogen) atoms. The van der Waals surface area contributed by atoms with Crippen molar-refractivity contribution in [1.82, 2.24) is 19.2 Å². The van der Waals surface area contributed by atoms with Crippen molar-refractivity contribution in [1.29, 1.82) is 0 Å². The number of imidazole rings is 1. The molecule has 0 unspecified atom stereocenters. The van der Waals surface area contributed by atoms with Gasteiger partial charge in [-0.25, -0.2) is 4.98 Å². The molecule has 0 spiro atoms. The van der Waals surface area contributed by atoms with Gasteiger partial charge in [0.2, 0.25) is 5.95 Å². The Morgan fingerprint density at radius 2 is 2.12 bits per heavy atom. The average Bonchev–Trinajstić information content (AvgIpc) is 2.57. The monoisotopic (exact) mass is 221 g/mol. The van der Waals surface area contributed by atoms with Crippen LogP contribution < -0.4 is 10.5 Å². The number of aryl methyl sites for hydroxylation is 2. The first-order valence-electron chi connectivity index (χ1n) is 5.18. The first-order valence-corrected chi connectivity index (χ1v) is 5.18. The van der Waals surface area contributed by atoms with Crippen LogP contribution in [0.1, 0.15) is 12.6 Å². The number of hydrogen-bond acceptors (Lipinski definition) is 4. The maximum Gasteiger partial charge on any atom is 0.279 e. The molecule has 0 saturated carbocycles. The predicted molar refractivity (Wildman–Crippen MR) is 62.0 cm³/mol. The molecule has 6 heteroatoms. The first kappa shape index (κ1) is 10.7. The number of fused-ring (bicyclic) bond motifs is 1. The fourth-order valence-corrected chi connectivity index (χ4v) is 1.68. The Morgan fingerprint density at radius 3 is 2.69 bits per heavy atom. The van der Waals surface area contributed by atoms with Gasteiger partial charge < -0.3 is 4.90 Å². The van der Waals surface area contributed by atoms with Crippen LogP contribution in [-0.4, -0.2) is 33.3 Å². The Morgan fingerprint density at radius 1 is 1.44 bits per heavy atom. The molecule has 0 bridgehead atoms. The zero-order valence-corrected chi connectivity index (χ0v) is 9.93. The zero-order valence-electron chi connectivity index (χ0n) is 9.93. The molecular formula is C10H15N5O. The van der Waals surface area contributed by atoms with Crippen molar-refractivity contribution in [3.8, 4) is 0 Å². The minimum absolute atomic E-state index is 0.0457. The van der Waals surface area contributed by atoms with Crippen molar-refractivity contribution in [2.24, 2.45) is 0 Å². The van der Waals surface area contributed by atoms with Crippen LogP contribution in [0.25, 0.3) is 5.52 Å². The third kappa shape index (κ3) is 1.37. The summed E-state index contributed by atoms with van der Waals surface area (Å²) in [6, 6.07) is 0. The highest BCUT2D eigenvalue weighted by Crippen LogP contribution is 2.12. The number of anilines is 1. The highest BCUT2D eigenvalue weighted by atomic mass is 16.1. The quantitative estimate of drug-likeness (QED) is 0.731. The SMILES string of the molecule is CCn1cnn2c(N(C)C)nc(C)c2c1=O. The van der Waals surface area contributed by atoms with Gasteiger partial charge in [-0.15, -0.1) is 0 Å². The first-order chi connectivity index (χ1) is 7.56. The summed E-state index contributed by atoms with van der Waals surface area (Å²) in [6.45, 7) is 4.35. The van der Waals surface area contributed by atoms with Crippen molar-refractivity contribution in [3.63, 3.8) is 0 Å². The minimum atomic E-state index is -0.0457. The number of aromatic nitrogens is 4. The summed E-state index contributed by atoms with van der Waals surface area (Å²) in [4.78, 5) is 18.2. The number of nitrogens with zero attached hydrogens (tertiary/aromatic N) is 5. The summed E-state index contributed by atoms with van der Waals surface area (Å²) < 4.78 is 3.16. The maximum atomic E-state index is 12.1. The fraction of sp³-hybridized carbons (Fsp3) is 0.500. The van der Waals surface area contributed by atoms with Crippen molar-refractivity contribution in [3.05, 3.63) is 22.4 Å². The van der Waals surface area contributed by atoms with Crippen LogP contribution in [0.15, 0.2) is 11.1 Å². The molecule has 0 aliphatic carbocycles. The Kier molecular flexibility index (Phi) is 2.41. The molecule has 2 aromatic heterocycles. The molecule has 0 fully saturated rings. The van der Waals surface area contributed by atoms with Crippen LogP contribution in [0.3, 0.4) is 0 Å². The molecular weight excluding hydrogens is 206 g/mol. The lowest BCUT2D eigenvalue weighted by molar-refractivity contribution is 0.678. The van der Waals surface area contributed by atoms with Gasteiger partial charge in [-0.1, -0.05) is 0 Å². The number of hydrogen-bond donors (Lipinski definition) is 0. The van der Waals surface area contributed by atoms with Gasteiger partial charge in [0.15, 0.2) is 5.52 Å². The van der Waals surface area contributed by atoms with Gasteiger partial charge in [0.05, 0.1) is 5.69 Å². The van der Waals surface area contributed by atoms with Crippen LogP contribution in [0, 0.1) is 6.92 Å². The summed E-state index contributed by atoms with van der Waals surface area (Å²) in [7, 11) is 3.75. The lowest BCUT2D eigenvalue weighted by Gasteiger charge is -2.09. The van der Waals surface area contributed by atoms with Gasteiger partial charge in [-0.3, -0.25) is 9.36 Å². The second-order valence-electron chi connectivity index (χ2n) is 3.87. The van der Waals surface area contributed by atoms with Crippen molar-refractivity contribution in [2.45, 2.75) is 20.4 Å². The molecule has 0 N–H and O–H groups in total. The summed E-state index contributed by atoms with van der Waals surface area (Å²) >= 11 is 0. The zero-order chi connectivity index (χ0) is 11.9. The molecule has 0 atom stereocenters. The van der Waals surface area contributed by atoms with Gasteiger partial charge in [0, 0.05) is 20.6 Å². The molecule has 2 heterocycles. The van der Waals surface area contributed by atoms with Crippen molar-refractivity contribution < 1.29 is 0 Å². The van der Waals surface area contributed by atoms with E-state index in [1.807, 2.05) is 32.8 Å². The van der Waals surface area contributed by atoms with E-state index in [9.17, 15) is 4.79 Å². The Hall–Kier alpha value is -1.85. The minimum Gasteiger partial charge on any atom is -0.347 e. The molecule has 0 aliphatic heterocycles. The van der Waals surface area contributed by atoms with Crippen molar-refractivity contribution >= 4 is 11.5 Å². The molecule has 86 valence electrons. The smallest absolute Gasteiger partial charge is 0.279 e. The molecule has 6 nitrogen and oxygen atoms in total. The third-order valence-electron chi connectivity index (χ3n) is 2.52. The average molecular weight is 221 g/mol. The molecule has 0 amide bonds. The molecule has 2 aromatic rings. The predicted octanol–water partition coefficient (Wildman–Crippen LogP) is 0.285. The van der Waals surface area contributed by atoms with E-state index in [0.717, 1.165) is 0 Å². The van der Waals surface area contributed by atoms with Gasteiger partial charge in [0.25, 0.3) is 5.56 Å². The second kappa shape index (κ2) is 3.62. The van der Waals surface area contributed by atoms with E-state index < -0.39 is 0 Å². The summed E-state index contributed by atoms with van der Waals surface area (Å²) in [6.07, 6.45) is 1.55. The summed E-state index contributed by atoms with van der Waals surface area (Å²) in [5.41, 5.74) is 1.22. The fourth-order valence-electron chi connectivity index (χ4n) is 1.68. The van der Waals surface area contributed by atoms with E-state index in [0.29, 0.717) is 23.7 Å². The standard InChI is InChI=1S/C10H15N5O/c1-5-14-6-11-15-8(9(14)16)7(2)12-10(15)13(3)4/h6H,5H2,1-4H3. The Bertz CT molecular complexity index is 581. The van der Waals surface area contributed by atoms with Crippen LogP contribution in [-0.2, 0) is 6.54 Å². The van der Waals surface area contributed by atoms with E-state index in [-0.39, 0.29) is 5.56 Å².